The number of fused-ring (bicyclic) bond motifs is 1. The normalized spacial score (nSPS) is 13.5. The fourth-order valence-electron chi connectivity index (χ4n) is 4.26. The predicted octanol–water partition coefficient (Wildman–Crippen LogP) is 2.13. The molecule has 0 aromatic carbocycles. The monoisotopic (exact) mass is 465 g/mol. The Morgan fingerprint density at radius 2 is 1.91 bits per heavy atom. The lowest BCUT2D eigenvalue weighted by Crippen LogP contribution is -2.52. The summed E-state index contributed by atoms with van der Waals surface area (Å²) in [4.78, 5) is 20.7. The zero-order chi connectivity index (χ0) is 24.4. The molecule has 0 aliphatic carbocycles. The Kier molecular flexibility index (Phi) is 5.78. The summed E-state index contributed by atoms with van der Waals surface area (Å²) in [6.45, 7) is 2.77. The smallest absolute Gasteiger partial charge is 0.318 e. The van der Waals surface area contributed by atoms with Crippen molar-refractivity contribution in [2.45, 2.75) is 0 Å². The zero-order valence-corrected chi connectivity index (χ0v) is 19.2. The number of nitrogens with zero attached hydrogens (tertiary/aromatic N) is 8. The van der Waals surface area contributed by atoms with Gasteiger partial charge in [0.2, 0.25) is 0 Å². The maximum absolute atomic E-state index is 12.1. The van der Waals surface area contributed by atoms with Crippen LogP contribution in [0.5, 0.6) is 0 Å². The van der Waals surface area contributed by atoms with Gasteiger partial charge in [0.1, 0.15) is 11.9 Å². The quantitative estimate of drug-likeness (QED) is 0.463. The lowest BCUT2D eigenvalue weighted by Gasteiger charge is -2.35. The SMILES string of the molecule is C#CCNC(=O)N1CCN(c2ccc(-c3cc(-c4cnn(C)c4)cn4ncc(C#N)c34)cn2)CC1. The number of anilines is 1. The first-order chi connectivity index (χ1) is 17.1. The van der Waals surface area contributed by atoms with Gasteiger partial charge >= 0.3 is 6.03 Å². The molecular weight excluding hydrogens is 442 g/mol. The summed E-state index contributed by atoms with van der Waals surface area (Å²) in [7, 11) is 1.87. The highest BCUT2D eigenvalue weighted by atomic mass is 16.2. The molecule has 5 heterocycles. The first-order valence-corrected chi connectivity index (χ1v) is 11.2. The Hall–Kier alpha value is -4.83. The van der Waals surface area contributed by atoms with Crippen molar-refractivity contribution >= 4 is 17.4 Å². The third-order valence-electron chi connectivity index (χ3n) is 6.06. The number of aryl methyl sites for hydroxylation is 1. The van der Waals surface area contributed by atoms with E-state index in [1.807, 2.05) is 43.8 Å². The number of hydrogen-bond acceptors (Lipinski definition) is 6. The van der Waals surface area contributed by atoms with Crippen LogP contribution in [0, 0.1) is 23.7 Å². The molecule has 0 radical (unpaired) electrons. The summed E-state index contributed by atoms with van der Waals surface area (Å²) in [5.74, 6) is 3.25. The fourth-order valence-corrected chi connectivity index (χ4v) is 4.26. The molecule has 2 amide bonds. The number of hydrogen-bond donors (Lipinski definition) is 1. The Morgan fingerprint density at radius 3 is 2.57 bits per heavy atom. The number of nitriles is 1. The molecule has 4 aromatic rings. The number of aromatic nitrogens is 5. The standard InChI is InChI=1S/C25H23N9O/c1-3-6-27-25(35)33-9-7-32(8-10-33)23-5-4-18(13-28-23)22-11-19(21-15-29-31(2)16-21)17-34-24(22)20(12-26)14-30-34/h1,4-5,11,13-17H,6-10H2,2H3,(H,27,35). The van der Waals surface area contributed by atoms with Crippen LogP contribution in [0.2, 0.25) is 0 Å². The van der Waals surface area contributed by atoms with E-state index in [4.69, 9.17) is 11.4 Å². The summed E-state index contributed by atoms with van der Waals surface area (Å²) >= 11 is 0. The molecule has 4 aromatic heterocycles. The van der Waals surface area contributed by atoms with Gasteiger partial charge in [0.25, 0.3) is 0 Å². The topological polar surface area (TPSA) is 107 Å². The van der Waals surface area contributed by atoms with Gasteiger partial charge in [0.15, 0.2) is 0 Å². The lowest BCUT2D eigenvalue weighted by molar-refractivity contribution is 0.195. The van der Waals surface area contributed by atoms with Gasteiger partial charge in [0, 0.05) is 74.1 Å². The van der Waals surface area contributed by atoms with Crippen molar-refractivity contribution in [3.8, 4) is 40.7 Å². The van der Waals surface area contributed by atoms with Crippen LogP contribution >= 0.6 is 0 Å². The van der Waals surface area contributed by atoms with Crippen LogP contribution in [-0.4, -0.2) is 68.0 Å². The van der Waals surface area contributed by atoms with Crippen LogP contribution in [0.25, 0.3) is 27.8 Å². The van der Waals surface area contributed by atoms with Crippen LogP contribution in [0.1, 0.15) is 5.56 Å². The van der Waals surface area contributed by atoms with Crippen molar-refractivity contribution in [1.82, 2.24) is 34.6 Å². The van der Waals surface area contributed by atoms with Crippen molar-refractivity contribution in [3.05, 3.63) is 54.7 Å². The molecule has 174 valence electrons. The molecule has 10 nitrogen and oxygen atoms in total. The molecule has 35 heavy (non-hydrogen) atoms. The lowest BCUT2D eigenvalue weighted by atomic mass is 10.0. The van der Waals surface area contributed by atoms with E-state index in [-0.39, 0.29) is 12.6 Å². The van der Waals surface area contributed by atoms with Crippen LogP contribution in [-0.2, 0) is 7.05 Å². The highest BCUT2D eigenvalue weighted by molar-refractivity contribution is 5.87. The number of carbonyl (C=O) groups is 1. The Bertz CT molecular complexity index is 1460. The summed E-state index contributed by atoms with van der Waals surface area (Å²) < 4.78 is 3.48. The van der Waals surface area contributed by atoms with Crippen molar-refractivity contribution in [2.24, 2.45) is 7.05 Å². The minimum Gasteiger partial charge on any atom is -0.353 e. The fraction of sp³-hybridized carbons (Fsp3) is 0.240. The Labute approximate surface area is 202 Å². The van der Waals surface area contributed by atoms with Gasteiger partial charge in [-0.1, -0.05) is 5.92 Å². The third kappa shape index (κ3) is 4.25. The number of urea groups is 1. The molecule has 10 heteroatoms. The molecule has 0 saturated carbocycles. The third-order valence-corrected chi connectivity index (χ3v) is 6.06. The number of rotatable bonds is 4. The Balaban J connectivity index is 1.41. The van der Waals surface area contributed by atoms with Crippen LogP contribution in [0.15, 0.2) is 49.2 Å². The molecule has 0 atom stereocenters. The Morgan fingerprint density at radius 1 is 1.09 bits per heavy atom. The van der Waals surface area contributed by atoms with Gasteiger partial charge in [0.05, 0.1) is 30.0 Å². The molecule has 1 fully saturated rings. The molecule has 0 unspecified atom stereocenters. The number of amides is 2. The second-order valence-electron chi connectivity index (χ2n) is 8.25. The van der Waals surface area contributed by atoms with Gasteiger partial charge < -0.3 is 15.1 Å². The number of pyridine rings is 2. The molecule has 1 aliphatic heterocycles. The minimum absolute atomic E-state index is 0.141. The van der Waals surface area contributed by atoms with Crippen molar-refractivity contribution in [2.75, 3.05) is 37.6 Å². The first-order valence-electron chi connectivity index (χ1n) is 11.2. The van der Waals surface area contributed by atoms with E-state index in [9.17, 15) is 10.1 Å². The van der Waals surface area contributed by atoms with Crippen molar-refractivity contribution in [1.29, 1.82) is 5.26 Å². The van der Waals surface area contributed by atoms with Gasteiger partial charge in [-0.15, -0.1) is 6.42 Å². The van der Waals surface area contributed by atoms with Crippen molar-refractivity contribution < 1.29 is 4.79 Å². The molecule has 1 aliphatic rings. The van der Waals surface area contributed by atoms with Gasteiger partial charge in [-0.3, -0.25) is 4.68 Å². The molecule has 0 spiro atoms. The molecule has 1 N–H and O–H groups in total. The average molecular weight is 466 g/mol. The number of nitrogens with one attached hydrogen (secondary N) is 1. The summed E-state index contributed by atoms with van der Waals surface area (Å²) in [5.41, 5.74) is 4.89. The number of terminal acetylenes is 1. The summed E-state index contributed by atoms with van der Waals surface area (Å²) in [6.07, 6.45) is 14.2. The number of carbonyl (C=O) groups excluding carboxylic acids is 1. The largest absolute Gasteiger partial charge is 0.353 e. The van der Waals surface area contributed by atoms with E-state index in [2.05, 4.69) is 32.4 Å². The predicted molar refractivity (Wildman–Crippen MR) is 131 cm³/mol. The summed E-state index contributed by atoms with van der Waals surface area (Å²) in [6, 6.07) is 8.11. The average Bonchev–Trinajstić information content (AvgIpc) is 3.53. The van der Waals surface area contributed by atoms with E-state index in [1.165, 1.54) is 0 Å². The van der Waals surface area contributed by atoms with Gasteiger partial charge in [-0.2, -0.15) is 15.5 Å². The molecule has 0 bridgehead atoms. The second-order valence-corrected chi connectivity index (χ2v) is 8.25. The van der Waals surface area contributed by atoms with Crippen LogP contribution in [0.3, 0.4) is 0 Å². The highest BCUT2D eigenvalue weighted by Crippen LogP contribution is 2.32. The van der Waals surface area contributed by atoms with E-state index < -0.39 is 0 Å². The highest BCUT2D eigenvalue weighted by Gasteiger charge is 2.22. The molecular formula is C25H23N9O. The van der Waals surface area contributed by atoms with Gasteiger partial charge in [-0.05, 0) is 18.2 Å². The van der Waals surface area contributed by atoms with Crippen LogP contribution in [0.4, 0.5) is 10.6 Å². The van der Waals surface area contributed by atoms with E-state index >= 15 is 0 Å². The second kappa shape index (κ2) is 9.20. The van der Waals surface area contributed by atoms with Crippen molar-refractivity contribution in [3.63, 3.8) is 0 Å². The van der Waals surface area contributed by atoms with Gasteiger partial charge in [-0.25, -0.2) is 14.3 Å². The summed E-state index contributed by atoms with van der Waals surface area (Å²) in [5, 5.41) is 21.0. The zero-order valence-electron chi connectivity index (χ0n) is 19.2. The first kappa shape index (κ1) is 22.0. The maximum Gasteiger partial charge on any atom is 0.318 e. The minimum atomic E-state index is -0.141. The number of piperazine rings is 1. The van der Waals surface area contributed by atoms with Crippen LogP contribution < -0.4 is 10.2 Å². The maximum atomic E-state index is 12.1. The van der Waals surface area contributed by atoms with E-state index in [0.29, 0.717) is 31.7 Å². The molecule has 5 rings (SSSR count). The van der Waals surface area contributed by atoms with E-state index in [1.54, 1.807) is 26.5 Å². The van der Waals surface area contributed by atoms with E-state index in [0.717, 1.165) is 33.6 Å². The molecule has 1 saturated heterocycles.